The van der Waals surface area contributed by atoms with Gasteiger partial charge in [0, 0.05) is 31.7 Å². The Morgan fingerprint density at radius 1 is 1.29 bits per heavy atom. The van der Waals surface area contributed by atoms with Crippen molar-refractivity contribution in [1.82, 2.24) is 9.97 Å². The van der Waals surface area contributed by atoms with Gasteiger partial charge in [-0.05, 0) is 24.8 Å². The van der Waals surface area contributed by atoms with Gasteiger partial charge in [0.15, 0.2) is 0 Å². The summed E-state index contributed by atoms with van der Waals surface area (Å²) in [6, 6.07) is 1.79. The molecule has 1 aromatic rings. The summed E-state index contributed by atoms with van der Waals surface area (Å²) in [7, 11) is -2.86. The van der Waals surface area contributed by atoms with Crippen LogP contribution < -0.4 is 4.90 Å². The molecular formula is C11H17N3O2S. The van der Waals surface area contributed by atoms with Gasteiger partial charge in [0.2, 0.25) is 5.95 Å². The molecular weight excluding hydrogens is 238 g/mol. The van der Waals surface area contributed by atoms with Gasteiger partial charge in [-0.3, -0.25) is 0 Å². The number of aromatic nitrogens is 2. The first kappa shape index (κ1) is 12.3. The Morgan fingerprint density at radius 2 is 1.88 bits per heavy atom. The molecule has 0 amide bonds. The minimum atomic E-state index is -2.86. The van der Waals surface area contributed by atoms with Crippen LogP contribution in [0.4, 0.5) is 5.95 Å². The number of hydrogen-bond donors (Lipinski definition) is 0. The molecule has 2 heterocycles. The highest BCUT2D eigenvalue weighted by Crippen LogP contribution is 2.21. The van der Waals surface area contributed by atoms with Crippen molar-refractivity contribution in [3.05, 3.63) is 18.5 Å². The number of piperidine rings is 1. The summed E-state index contributed by atoms with van der Waals surface area (Å²) in [5.74, 6) is 1.33. The maximum absolute atomic E-state index is 11.2. The summed E-state index contributed by atoms with van der Waals surface area (Å²) in [5.41, 5.74) is 0. The van der Waals surface area contributed by atoms with E-state index in [1.54, 1.807) is 18.5 Å². The maximum atomic E-state index is 11.2. The van der Waals surface area contributed by atoms with Crippen molar-refractivity contribution >= 4 is 15.8 Å². The SMILES string of the molecule is CS(=O)(=O)CC1CCN(c2ncccn2)CC1. The van der Waals surface area contributed by atoms with Crippen molar-refractivity contribution in [1.29, 1.82) is 0 Å². The van der Waals surface area contributed by atoms with Crippen molar-refractivity contribution in [2.75, 3.05) is 30.0 Å². The largest absolute Gasteiger partial charge is 0.341 e. The van der Waals surface area contributed by atoms with E-state index < -0.39 is 9.84 Å². The topological polar surface area (TPSA) is 63.2 Å². The summed E-state index contributed by atoms with van der Waals surface area (Å²) in [6.07, 6.45) is 6.55. The first-order valence-corrected chi connectivity index (χ1v) is 7.80. The molecule has 1 aliphatic heterocycles. The minimum Gasteiger partial charge on any atom is -0.341 e. The average molecular weight is 255 g/mol. The molecule has 1 aromatic heterocycles. The van der Waals surface area contributed by atoms with Crippen molar-refractivity contribution in [2.45, 2.75) is 12.8 Å². The molecule has 1 fully saturated rings. The van der Waals surface area contributed by atoms with E-state index in [4.69, 9.17) is 0 Å². The van der Waals surface area contributed by atoms with Gasteiger partial charge >= 0.3 is 0 Å². The van der Waals surface area contributed by atoms with E-state index in [1.807, 2.05) is 0 Å². The molecule has 2 rings (SSSR count). The van der Waals surface area contributed by atoms with E-state index in [1.165, 1.54) is 6.26 Å². The lowest BCUT2D eigenvalue weighted by atomic mass is 9.99. The van der Waals surface area contributed by atoms with Crippen molar-refractivity contribution in [3.8, 4) is 0 Å². The second kappa shape index (κ2) is 5.00. The highest BCUT2D eigenvalue weighted by molar-refractivity contribution is 7.90. The molecule has 5 nitrogen and oxygen atoms in total. The maximum Gasteiger partial charge on any atom is 0.225 e. The Morgan fingerprint density at radius 3 is 2.41 bits per heavy atom. The van der Waals surface area contributed by atoms with E-state index in [0.29, 0.717) is 5.75 Å². The highest BCUT2D eigenvalue weighted by Gasteiger charge is 2.23. The van der Waals surface area contributed by atoms with Gasteiger partial charge < -0.3 is 4.90 Å². The Balaban J connectivity index is 1.91. The molecule has 1 saturated heterocycles. The number of hydrogen-bond acceptors (Lipinski definition) is 5. The third-order valence-corrected chi connectivity index (χ3v) is 4.06. The summed E-state index contributed by atoms with van der Waals surface area (Å²) in [4.78, 5) is 10.5. The summed E-state index contributed by atoms with van der Waals surface area (Å²) in [6.45, 7) is 1.68. The molecule has 0 bridgehead atoms. The van der Waals surface area contributed by atoms with Crippen LogP contribution in [0.15, 0.2) is 18.5 Å². The molecule has 0 aromatic carbocycles. The second-order valence-electron chi connectivity index (χ2n) is 4.57. The Hall–Kier alpha value is -1.17. The van der Waals surface area contributed by atoms with E-state index >= 15 is 0 Å². The van der Waals surface area contributed by atoms with Crippen LogP contribution in [-0.2, 0) is 9.84 Å². The molecule has 0 atom stereocenters. The Labute approximate surface area is 102 Å². The quantitative estimate of drug-likeness (QED) is 0.797. The molecule has 0 N–H and O–H groups in total. The molecule has 0 spiro atoms. The predicted molar refractivity (Wildman–Crippen MR) is 66.7 cm³/mol. The first-order valence-electron chi connectivity index (χ1n) is 5.74. The lowest BCUT2D eigenvalue weighted by molar-refractivity contribution is 0.433. The second-order valence-corrected chi connectivity index (χ2v) is 6.76. The summed E-state index contributed by atoms with van der Waals surface area (Å²) in [5, 5.41) is 0. The van der Waals surface area contributed by atoms with Gasteiger partial charge in [-0.25, -0.2) is 18.4 Å². The molecule has 0 unspecified atom stereocenters. The van der Waals surface area contributed by atoms with E-state index in [2.05, 4.69) is 14.9 Å². The van der Waals surface area contributed by atoms with Crippen LogP contribution in [0.3, 0.4) is 0 Å². The van der Waals surface area contributed by atoms with Gasteiger partial charge in [-0.15, -0.1) is 0 Å². The standard InChI is InChI=1S/C11H17N3O2S/c1-17(15,16)9-10-3-7-14(8-4-10)11-12-5-2-6-13-11/h2,5-6,10H,3-4,7-9H2,1H3. The average Bonchev–Trinajstić information content (AvgIpc) is 2.29. The Kier molecular flexibility index (Phi) is 3.61. The Bertz CT molecular complexity index is 453. The fourth-order valence-electron chi connectivity index (χ4n) is 2.18. The fraction of sp³-hybridized carbons (Fsp3) is 0.636. The normalized spacial score (nSPS) is 18.3. The molecule has 0 radical (unpaired) electrons. The lowest BCUT2D eigenvalue weighted by Crippen LogP contribution is -2.36. The van der Waals surface area contributed by atoms with E-state index in [9.17, 15) is 8.42 Å². The van der Waals surface area contributed by atoms with Crippen LogP contribution >= 0.6 is 0 Å². The van der Waals surface area contributed by atoms with E-state index in [-0.39, 0.29) is 5.92 Å². The van der Waals surface area contributed by atoms with E-state index in [0.717, 1.165) is 31.9 Å². The summed E-state index contributed by atoms with van der Waals surface area (Å²) < 4.78 is 22.4. The lowest BCUT2D eigenvalue weighted by Gasteiger charge is -2.31. The number of rotatable bonds is 3. The van der Waals surface area contributed by atoms with Gasteiger partial charge in [0.25, 0.3) is 0 Å². The van der Waals surface area contributed by atoms with Crippen LogP contribution in [0.1, 0.15) is 12.8 Å². The van der Waals surface area contributed by atoms with Crippen LogP contribution in [-0.4, -0.2) is 43.5 Å². The van der Waals surface area contributed by atoms with Gasteiger partial charge in [0.1, 0.15) is 9.84 Å². The fourth-order valence-corrected chi connectivity index (χ4v) is 3.37. The number of anilines is 1. The van der Waals surface area contributed by atoms with Crippen LogP contribution in [0.5, 0.6) is 0 Å². The van der Waals surface area contributed by atoms with Gasteiger partial charge in [0.05, 0.1) is 5.75 Å². The van der Waals surface area contributed by atoms with Crippen LogP contribution in [0.2, 0.25) is 0 Å². The monoisotopic (exact) mass is 255 g/mol. The van der Waals surface area contributed by atoms with Gasteiger partial charge in [-0.2, -0.15) is 0 Å². The highest BCUT2D eigenvalue weighted by atomic mass is 32.2. The molecule has 0 aliphatic carbocycles. The number of sulfone groups is 1. The molecule has 0 saturated carbocycles. The van der Waals surface area contributed by atoms with Crippen molar-refractivity contribution in [2.24, 2.45) is 5.92 Å². The molecule has 1 aliphatic rings. The zero-order valence-electron chi connectivity index (χ0n) is 9.91. The third-order valence-electron chi connectivity index (χ3n) is 2.99. The molecule has 17 heavy (non-hydrogen) atoms. The molecule has 94 valence electrons. The first-order chi connectivity index (χ1) is 8.04. The van der Waals surface area contributed by atoms with Crippen molar-refractivity contribution in [3.63, 3.8) is 0 Å². The molecule has 6 heteroatoms. The number of nitrogens with zero attached hydrogens (tertiary/aromatic N) is 3. The zero-order valence-corrected chi connectivity index (χ0v) is 10.7. The minimum absolute atomic E-state index is 0.282. The van der Waals surface area contributed by atoms with Crippen LogP contribution in [0.25, 0.3) is 0 Å². The van der Waals surface area contributed by atoms with Gasteiger partial charge in [-0.1, -0.05) is 0 Å². The predicted octanol–water partition coefficient (Wildman–Crippen LogP) is 0.738. The smallest absolute Gasteiger partial charge is 0.225 e. The van der Waals surface area contributed by atoms with Crippen LogP contribution in [0, 0.1) is 5.92 Å². The summed E-state index contributed by atoms with van der Waals surface area (Å²) >= 11 is 0. The van der Waals surface area contributed by atoms with Crippen molar-refractivity contribution < 1.29 is 8.42 Å². The zero-order chi connectivity index (χ0) is 12.3. The third kappa shape index (κ3) is 3.66.